The molecule has 0 amide bonds. The minimum Gasteiger partial charge on any atom is -0.387 e. The number of aliphatic hydroxyl groups is 1. The van der Waals surface area contributed by atoms with Gasteiger partial charge in [0.05, 0.1) is 18.0 Å². The van der Waals surface area contributed by atoms with Crippen molar-refractivity contribution in [1.82, 2.24) is 9.88 Å². The van der Waals surface area contributed by atoms with Crippen molar-refractivity contribution in [2.24, 2.45) is 0 Å². The fourth-order valence-corrected chi connectivity index (χ4v) is 2.14. The van der Waals surface area contributed by atoms with Crippen molar-refractivity contribution in [3.8, 4) is 0 Å². The topological polar surface area (TPSA) is 36.4 Å². The smallest absolute Gasteiger partial charge is 0.141 e. The summed E-state index contributed by atoms with van der Waals surface area (Å²) >= 11 is 0. The van der Waals surface area contributed by atoms with Gasteiger partial charge in [-0.3, -0.25) is 4.98 Å². The third-order valence-corrected chi connectivity index (χ3v) is 3.47. The van der Waals surface area contributed by atoms with E-state index in [1.54, 1.807) is 6.07 Å². The Morgan fingerprint density at radius 2 is 1.80 bits per heavy atom. The molecule has 0 aromatic carbocycles. The highest BCUT2D eigenvalue weighted by molar-refractivity contribution is 5.07. The van der Waals surface area contributed by atoms with Crippen molar-refractivity contribution in [2.75, 3.05) is 19.6 Å². The van der Waals surface area contributed by atoms with Crippen molar-refractivity contribution in [3.63, 3.8) is 0 Å². The van der Waals surface area contributed by atoms with Gasteiger partial charge in [-0.2, -0.15) is 0 Å². The van der Waals surface area contributed by atoms with Gasteiger partial charge in [0.2, 0.25) is 0 Å². The summed E-state index contributed by atoms with van der Waals surface area (Å²) in [6.07, 6.45) is 5.94. The third-order valence-electron chi connectivity index (χ3n) is 3.47. The van der Waals surface area contributed by atoms with Crippen LogP contribution >= 0.6 is 0 Å². The van der Waals surface area contributed by atoms with Gasteiger partial charge >= 0.3 is 0 Å². The number of rotatable bonds is 10. The Balaban J connectivity index is 2.41. The normalized spacial score (nSPS) is 12.8. The molecule has 1 heterocycles. The maximum absolute atomic E-state index is 12.8. The van der Waals surface area contributed by atoms with E-state index < -0.39 is 6.10 Å². The molecule has 1 atom stereocenters. The Morgan fingerprint density at radius 1 is 1.15 bits per heavy atom. The molecule has 0 aliphatic rings. The highest BCUT2D eigenvalue weighted by atomic mass is 19.1. The SMILES string of the molecule is CCCCN(CCCC)CCC(O)c1ccc(F)cn1. The Bertz CT molecular complexity index is 348. The van der Waals surface area contributed by atoms with Crippen LogP contribution in [-0.2, 0) is 0 Å². The molecular formula is C16H27FN2O. The van der Waals surface area contributed by atoms with E-state index in [-0.39, 0.29) is 5.82 Å². The van der Waals surface area contributed by atoms with Crippen LogP contribution < -0.4 is 0 Å². The van der Waals surface area contributed by atoms with E-state index in [2.05, 4.69) is 23.7 Å². The number of nitrogens with zero attached hydrogens (tertiary/aromatic N) is 2. The first-order chi connectivity index (χ1) is 9.67. The lowest BCUT2D eigenvalue weighted by Crippen LogP contribution is -2.28. The molecule has 0 saturated heterocycles. The molecule has 3 nitrogen and oxygen atoms in total. The van der Waals surface area contributed by atoms with Gasteiger partial charge in [0.15, 0.2) is 0 Å². The maximum atomic E-state index is 12.8. The molecule has 0 aliphatic heterocycles. The number of pyridine rings is 1. The summed E-state index contributed by atoms with van der Waals surface area (Å²) < 4.78 is 12.8. The molecule has 1 aromatic rings. The summed E-state index contributed by atoms with van der Waals surface area (Å²) in [5.41, 5.74) is 0.553. The van der Waals surface area contributed by atoms with E-state index in [4.69, 9.17) is 0 Å². The summed E-state index contributed by atoms with van der Waals surface area (Å²) in [7, 11) is 0. The summed E-state index contributed by atoms with van der Waals surface area (Å²) in [5, 5.41) is 10.1. The van der Waals surface area contributed by atoms with Crippen LogP contribution in [0.4, 0.5) is 4.39 Å². The van der Waals surface area contributed by atoms with Crippen molar-refractivity contribution in [3.05, 3.63) is 29.8 Å². The summed E-state index contributed by atoms with van der Waals surface area (Å²) in [6.45, 7) is 7.41. The lowest BCUT2D eigenvalue weighted by Gasteiger charge is -2.23. The first-order valence-corrected chi connectivity index (χ1v) is 7.69. The van der Waals surface area contributed by atoms with E-state index in [9.17, 15) is 9.50 Å². The fourth-order valence-electron chi connectivity index (χ4n) is 2.14. The van der Waals surface area contributed by atoms with E-state index >= 15 is 0 Å². The lowest BCUT2D eigenvalue weighted by atomic mass is 10.1. The monoisotopic (exact) mass is 282 g/mol. The van der Waals surface area contributed by atoms with Gasteiger partial charge in [-0.1, -0.05) is 26.7 Å². The first-order valence-electron chi connectivity index (χ1n) is 7.69. The van der Waals surface area contributed by atoms with Crippen LogP contribution in [0.15, 0.2) is 18.3 Å². The molecule has 1 aromatic heterocycles. The van der Waals surface area contributed by atoms with Crippen molar-refractivity contribution >= 4 is 0 Å². The van der Waals surface area contributed by atoms with Gasteiger partial charge in [0.25, 0.3) is 0 Å². The van der Waals surface area contributed by atoms with Gasteiger partial charge in [-0.15, -0.1) is 0 Å². The fraction of sp³-hybridized carbons (Fsp3) is 0.688. The Hall–Kier alpha value is -1.00. The van der Waals surface area contributed by atoms with Crippen LogP contribution in [-0.4, -0.2) is 34.6 Å². The van der Waals surface area contributed by atoms with Crippen LogP contribution in [0.5, 0.6) is 0 Å². The number of halogens is 1. The number of hydrogen-bond acceptors (Lipinski definition) is 3. The molecule has 114 valence electrons. The van der Waals surface area contributed by atoms with Gasteiger partial charge < -0.3 is 10.0 Å². The van der Waals surface area contributed by atoms with E-state index in [1.165, 1.54) is 31.7 Å². The summed E-state index contributed by atoms with van der Waals surface area (Å²) in [5.74, 6) is -0.367. The predicted octanol–water partition coefficient (Wildman–Crippen LogP) is 3.55. The Labute approximate surface area is 121 Å². The second-order valence-corrected chi connectivity index (χ2v) is 5.25. The molecular weight excluding hydrogens is 255 g/mol. The number of aliphatic hydroxyl groups excluding tert-OH is 1. The van der Waals surface area contributed by atoms with Crippen LogP contribution in [0.1, 0.15) is 57.7 Å². The van der Waals surface area contributed by atoms with Gasteiger partial charge in [0, 0.05) is 6.54 Å². The van der Waals surface area contributed by atoms with Crippen molar-refractivity contribution in [2.45, 2.75) is 52.1 Å². The molecule has 0 aliphatic carbocycles. The molecule has 4 heteroatoms. The van der Waals surface area contributed by atoms with E-state index in [0.29, 0.717) is 12.1 Å². The number of hydrogen-bond donors (Lipinski definition) is 1. The first kappa shape index (κ1) is 17.1. The number of aromatic nitrogens is 1. The highest BCUT2D eigenvalue weighted by Gasteiger charge is 2.12. The second-order valence-electron chi connectivity index (χ2n) is 5.25. The molecule has 0 radical (unpaired) electrons. The number of unbranched alkanes of at least 4 members (excludes halogenated alkanes) is 2. The van der Waals surface area contributed by atoms with Gasteiger partial charge in [-0.05, 0) is 44.5 Å². The quantitative estimate of drug-likeness (QED) is 0.713. The molecule has 20 heavy (non-hydrogen) atoms. The van der Waals surface area contributed by atoms with Crippen LogP contribution in [0, 0.1) is 5.82 Å². The molecule has 0 saturated carbocycles. The van der Waals surface area contributed by atoms with E-state index in [0.717, 1.165) is 25.8 Å². The highest BCUT2D eigenvalue weighted by Crippen LogP contribution is 2.15. The standard InChI is InChI=1S/C16H27FN2O/c1-3-5-10-19(11-6-4-2)12-9-16(20)15-8-7-14(17)13-18-15/h7-8,13,16,20H,3-6,9-12H2,1-2H3. The summed E-state index contributed by atoms with van der Waals surface area (Å²) in [6, 6.07) is 2.90. The Morgan fingerprint density at radius 3 is 2.30 bits per heavy atom. The average molecular weight is 282 g/mol. The molecule has 0 bridgehead atoms. The minimum absolute atomic E-state index is 0.367. The minimum atomic E-state index is -0.610. The van der Waals surface area contributed by atoms with Gasteiger partial charge in [0.1, 0.15) is 5.82 Å². The van der Waals surface area contributed by atoms with Gasteiger partial charge in [-0.25, -0.2) is 4.39 Å². The molecule has 1 N–H and O–H groups in total. The largest absolute Gasteiger partial charge is 0.387 e. The van der Waals surface area contributed by atoms with Crippen LogP contribution in [0.3, 0.4) is 0 Å². The molecule has 1 rings (SSSR count). The van der Waals surface area contributed by atoms with E-state index in [1.807, 2.05) is 0 Å². The molecule has 1 unspecified atom stereocenters. The zero-order valence-electron chi connectivity index (χ0n) is 12.7. The van der Waals surface area contributed by atoms with Crippen molar-refractivity contribution < 1.29 is 9.50 Å². The Kier molecular flexibility index (Phi) is 8.38. The third kappa shape index (κ3) is 6.44. The zero-order chi connectivity index (χ0) is 14.8. The van der Waals surface area contributed by atoms with Crippen LogP contribution in [0.2, 0.25) is 0 Å². The van der Waals surface area contributed by atoms with Crippen LogP contribution in [0.25, 0.3) is 0 Å². The molecule has 0 spiro atoms. The summed E-state index contributed by atoms with van der Waals surface area (Å²) in [4.78, 5) is 6.34. The average Bonchev–Trinajstić information content (AvgIpc) is 2.47. The maximum Gasteiger partial charge on any atom is 0.141 e. The second kappa shape index (κ2) is 9.83. The zero-order valence-corrected chi connectivity index (χ0v) is 12.7. The lowest BCUT2D eigenvalue weighted by molar-refractivity contribution is 0.136. The van der Waals surface area contributed by atoms with Crippen molar-refractivity contribution in [1.29, 1.82) is 0 Å². The predicted molar refractivity (Wildman–Crippen MR) is 80.0 cm³/mol. The molecule has 0 fully saturated rings.